The van der Waals surface area contributed by atoms with E-state index in [4.69, 9.17) is 18.5 Å². The van der Waals surface area contributed by atoms with Gasteiger partial charge in [0.25, 0.3) is 0 Å². The first-order valence-corrected chi connectivity index (χ1v) is 26.2. The Morgan fingerprint density at radius 3 is 1.37 bits per heavy atom. The zero-order chi connectivity index (χ0) is 45.7. The molecule has 0 saturated heterocycles. The summed E-state index contributed by atoms with van der Waals surface area (Å²) in [6.07, 6.45) is 55.2. The van der Waals surface area contributed by atoms with Crippen molar-refractivity contribution >= 4 is 19.8 Å². The predicted molar refractivity (Wildman–Crippen MR) is 261 cm³/mol. The summed E-state index contributed by atoms with van der Waals surface area (Å²) in [7, 11) is 1.45. The molecular weight excluding hydrogens is 798 g/mol. The van der Waals surface area contributed by atoms with Crippen molar-refractivity contribution in [2.45, 2.75) is 200 Å². The lowest BCUT2D eigenvalue weighted by atomic mass is 10.1. The normalized spacial score (nSPS) is 14.1. The number of allylic oxidation sites excluding steroid dienone is 12. The predicted octanol–water partition coefficient (Wildman–Crippen LogP) is 14.6. The van der Waals surface area contributed by atoms with Gasteiger partial charge in [-0.2, -0.15) is 0 Å². The van der Waals surface area contributed by atoms with Gasteiger partial charge in [-0.25, -0.2) is 4.57 Å². The first-order chi connectivity index (χ1) is 30.0. The second kappa shape index (κ2) is 43.7. The summed E-state index contributed by atoms with van der Waals surface area (Å²) in [6, 6.07) is 0. The van der Waals surface area contributed by atoms with Crippen molar-refractivity contribution in [2.75, 3.05) is 47.5 Å². The Morgan fingerprint density at radius 2 is 0.919 bits per heavy atom. The van der Waals surface area contributed by atoms with E-state index in [1.807, 2.05) is 21.1 Å². The van der Waals surface area contributed by atoms with Crippen LogP contribution in [0.15, 0.2) is 72.9 Å². The number of nitrogens with zero attached hydrogens (tertiary/aromatic N) is 1. The van der Waals surface area contributed by atoms with Crippen LogP contribution in [0.2, 0.25) is 0 Å². The molecule has 358 valence electrons. The van der Waals surface area contributed by atoms with Crippen LogP contribution in [0.5, 0.6) is 0 Å². The average Bonchev–Trinajstić information content (AvgIpc) is 3.23. The highest BCUT2D eigenvalue weighted by Crippen LogP contribution is 2.43. The van der Waals surface area contributed by atoms with Gasteiger partial charge in [0.1, 0.15) is 19.8 Å². The molecule has 0 aliphatic carbocycles. The van der Waals surface area contributed by atoms with Gasteiger partial charge in [0.05, 0.1) is 27.7 Å². The molecule has 0 spiro atoms. The summed E-state index contributed by atoms with van der Waals surface area (Å²) >= 11 is 0. The van der Waals surface area contributed by atoms with E-state index in [1.165, 1.54) is 57.8 Å². The molecule has 0 amide bonds. The Labute approximate surface area is 380 Å². The van der Waals surface area contributed by atoms with Crippen molar-refractivity contribution in [1.29, 1.82) is 0 Å². The van der Waals surface area contributed by atoms with E-state index in [9.17, 15) is 19.0 Å². The summed E-state index contributed by atoms with van der Waals surface area (Å²) in [5, 5.41) is 0. The molecule has 0 saturated carbocycles. The molecule has 2 unspecified atom stereocenters. The number of quaternary nitrogens is 1. The first kappa shape index (κ1) is 59.5. The van der Waals surface area contributed by atoms with Gasteiger partial charge >= 0.3 is 19.8 Å². The third kappa shape index (κ3) is 46.9. The van der Waals surface area contributed by atoms with E-state index in [0.29, 0.717) is 17.4 Å². The number of likely N-dealkylation sites (N-methyl/N-ethyl adjacent to an activating group) is 1. The van der Waals surface area contributed by atoms with Crippen molar-refractivity contribution in [3.63, 3.8) is 0 Å². The number of rotatable bonds is 44. The minimum absolute atomic E-state index is 0.0236. The number of ether oxygens (including phenoxy) is 2. The molecule has 0 aliphatic rings. The molecule has 9 nitrogen and oxygen atoms in total. The van der Waals surface area contributed by atoms with Crippen LogP contribution in [0.3, 0.4) is 0 Å². The largest absolute Gasteiger partial charge is 0.472 e. The Bertz CT molecular complexity index is 1280. The van der Waals surface area contributed by atoms with Crippen LogP contribution in [-0.2, 0) is 32.7 Å². The summed E-state index contributed by atoms with van der Waals surface area (Å²) in [4.78, 5) is 35.5. The van der Waals surface area contributed by atoms with Crippen LogP contribution < -0.4 is 0 Å². The highest BCUT2D eigenvalue weighted by molar-refractivity contribution is 7.47. The van der Waals surface area contributed by atoms with Crippen LogP contribution in [0, 0.1) is 0 Å². The van der Waals surface area contributed by atoms with Crippen molar-refractivity contribution in [3.8, 4) is 0 Å². The van der Waals surface area contributed by atoms with Gasteiger partial charge < -0.3 is 18.9 Å². The maximum absolute atomic E-state index is 12.7. The fourth-order valence-corrected chi connectivity index (χ4v) is 7.13. The molecule has 10 heteroatoms. The maximum Gasteiger partial charge on any atom is 0.472 e. The molecule has 0 rings (SSSR count). The third-order valence-electron chi connectivity index (χ3n) is 10.2. The van der Waals surface area contributed by atoms with E-state index < -0.39 is 26.5 Å². The van der Waals surface area contributed by atoms with Crippen LogP contribution in [0.4, 0.5) is 0 Å². The van der Waals surface area contributed by atoms with Crippen LogP contribution in [0.25, 0.3) is 0 Å². The second-order valence-electron chi connectivity index (χ2n) is 17.5. The Balaban J connectivity index is 4.34. The van der Waals surface area contributed by atoms with Gasteiger partial charge in [-0.05, 0) is 83.5 Å². The summed E-state index contributed by atoms with van der Waals surface area (Å²) in [6.45, 7) is 4.27. The Morgan fingerprint density at radius 1 is 0.516 bits per heavy atom. The van der Waals surface area contributed by atoms with Gasteiger partial charge in [-0.3, -0.25) is 18.6 Å². The van der Waals surface area contributed by atoms with E-state index in [1.54, 1.807) is 0 Å². The molecule has 0 heterocycles. The van der Waals surface area contributed by atoms with E-state index in [2.05, 4.69) is 86.8 Å². The summed E-state index contributed by atoms with van der Waals surface area (Å²) in [5.74, 6) is -0.827. The number of unbranched alkanes of at least 4 members (excludes halogenated alkanes) is 18. The van der Waals surface area contributed by atoms with E-state index >= 15 is 0 Å². The SMILES string of the molecule is CC/C=C\C/C=C\C/C=C\CCCCCCCCCC(=O)OCC(COP(=O)(O)OCC[N+](C)(C)C)OC(=O)CCCCCCCC/C=C\C/C=C\C/C=C\CCCCCCC. The monoisotopic (exact) mass is 891 g/mol. The Kier molecular flexibility index (Phi) is 41.9. The van der Waals surface area contributed by atoms with Crippen LogP contribution in [0.1, 0.15) is 194 Å². The van der Waals surface area contributed by atoms with Crippen molar-refractivity contribution in [1.82, 2.24) is 0 Å². The lowest BCUT2D eigenvalue weighted by Crippen LogP contribution is -2.37. The number of carbonyl (C=O) groups excluding carboxylic acids is 2. The molecule has 2 atom stereocenters. The zero-order valence-corrected chi connectivity index (χ0v) is 41.2. The van der Waals surface area contributed by atoms with Crippen molar-refractivity contribution in [3.05, 3.63) is 72.9 Å². The van der Waals surface area contributed by atoms with Crippen LogP contribution in [-0.4, -0.2) is 74.9 Å². The topological polar surface area (TPSA) is 108 Å². The molecule has 0 aromatic carbocycles. The van der Waals surface area contributed by atoms with Crippen molar-refractivity contribution < 1.29 is 42.1 Å². The molecular formula is C52H93NO8P+. The first-order valence-electron chi connectivity index (χ1n) is 24.7. The molecule has 0 aromatic heterocycles. The van der Waals surface area contributed by atoms with Gasteiger partial charge in [0, 0.05) is 12.8 Å². The zero-order valence-electron chi connectivity index (χ0n) is 40.3. The number of hydrogen-bond donors (Lipinski definition) is 1. The molecule has 1 N–H and O–H groups in total. The fraction of sp³-hybridized carbons (Fsp3) is 0.731. The van der Waals surface area contributed by atoms with E-state index in [-0.39, 0.29) is 32.0 Å². The average molecular weight is 891 g/mol. The summed E-state index contributed by atoms with van der Waals surface area (Å²) in [5.41, 5.74) is 0. The Hall–Kier alpha value is -2.55. The number of phosphoric ester groups is 1. The third-order valence-corrected chi connectivity index (χ3v) is 11.2. The van der Waals surface area contributed by atoms with Gasteiger partial charge in [-0.1, -0.05) is 170 Å². The molecule has 62 heavy (non-hydrogen) atoms. The summed E-state index contributed by atoms with van der Waals surface area (Å²) < 4.78 is 34.4. The smallest absolute Gasteiger partial charge is 0.462 e. The minimum Gasteiger partial charge on any atom is -0.462 e. The maximum atomic E-state index is 12.7. The minimum atomic E-state index is -4.39. The molecule has 0 bridgehead atoms. The quantitative estimate of drug-likeness (QED) is 0.0212. The molecule has 0 radical (unpaired) electrons. The number of phosphoric acid groups is 1. The number of esters is 2. The number of carbonyl (C=O) groups is 2. The van der Waals surface area contributed by atoms with Gasteiger partial charge in [-0.15, -0.1) is 0 Å². The van der Waals surface area contributed by atoms with Gasteiger partial charge in [0.2, 0.25) is 0 Å². The molecule has 0 fully saturated rings. The standard InChI is InChI=1S/C52H92NO8P/c1-6-8-10-12-14-16-18-20-22-24-25-26-27-29-31-33-35-37-39-41-43-45-52(55)61-50(49-60-62(56,57)59-47-46-53(3,4)5)48-58-51(54)44-42-40-38-36-34-32-30-28-23-21-19-17-15-13-11-9-7-2/h9,11,15,17-18,20-21,23-25,27,29,50H,6-8,10,12-14,16,19,22,26,28,30-49H2,1-5H3/p+1/b11-9-,17-15-,20-18-,23-21-,25-24-,29-27-. The van der Waals surface area contributed by atoms with Crippen molar-refractivity contribution in [2.24, 2.45) is 0 Å². The highest BCUT2D eigenvalue weighted by atomic mass is 31.2. The van der Waals surface area contributed by atoms with E-state index in [0.717, 1.165) is 103 Å². The molecule has 0 aromatic rings. The van der Waals surface area contributed by atoms with Gasteiger partial charge in [0.15, 0.2) is 6.10 Å². The molecule has 0 aliphatic heterocycles. The highest BCUT2D eigenvalue weighted by Gasteiger charge is 2.27. The lowest BCUT2D eigenvalue weighted by molar-refractivity contribution is -0.870. The van der Waals surface area contributed by atoms with Crippen LogP contribution >= 0.6 is 7.82 Å². The lowest BCUT2D eigenvalue weighted by Gasteiger charge is -2.24. The number of hydrogen-bond acceptors (Lipinski definition) is 7. The fourth-order valence-electron chi connectivity index (χ4n) is 6.39. The second-order valence-corrected chi connectivity index (χ2v) is 18.9.